The monoisotopic (exact) mass is 312 g/mol. The summed E-state index contributed by atoms with van der Waals surface area (Å²) in [5.74, 6) is 0. The van der Waals surface area contributed by atoms with Crippen LogP contribution in [0.25, 0.3) is 10.8 Å². The molecule has 3 heteroatoms. The van der Waals surface area contributed by atoms with Gasteiger partial charge in [-0.05, 0) is 17.0 Å². The standard InChI is InChI=1S/C19H20N2.ClH/c1-2-7-16(8-3-1)15-20-13-14-21-19-12-6-10-17-9-4-5-11-18(17)19;/h1-12,20-21H,13-15H2;1H. The summed E-state index contributed by atoms with van der Waals surface area (Å²) in [5, 5.41) is 9.53. The molecule has 0 spiro atoms. The Hall–Kier alpha value is -2.03. The van der Waals surface area contributed by atoms with Crippen LogP contribution in [-0.4, -0.2) is 13.1 Å². The van der Waals surface area contributed by atoms with Gasteiger partial charge in [0.25, 0.3) is 0 Å². The Kier molecular flexibility index (Phi) is 6.26. The minimum atomic E-state index is 0. The summed E-state index contributed by atoms with van der Waals surface area (Å²) < 4.78 is 0. The number of nitrogens with one attached hydrogen (secondary N) is 2. The van der Waals surface area contributed by atoms with Gasteiger partial charge < -0.3 is 10.6 Å². The highest BCUT2D eigenvalue weighted by Gasteiger charge is 1.98. The lowest BCUT2D eigenvalue weighted by atomic mass is 10.1. The summed E-state index contributed by atoms with van der Waals surface area (Å²) in [5.41, 5.74) is 2.53. The zero-order valence-corrected chi connectivity index (χ0v) is 13.3. The Balaban J connectivity index is 0.00000176. The second-order valence-corrected chi connectivity index (χ2v) is 5.12. The van der Waals surface area contributed by atoms with Gasteiger partial charge in [-0.3, -0.25) is 0 Å². The average Bonchev–Trinajstić information content (AvgIpc) is 2.56. The molecule has 0 fully saturated rings. The largest absolute Gasteiger partial charge is 0.383 e. The van der Waals surface area contributed by atoms with E-state index in [-0.39, 0.29) is 12.4 Å². The third-order valence-electron chi connectivity index (χ3n) is 3.58. The van der Waals surface area contributed by atoms with Crippen molar-refractivity contribution in [2.24, 2.45) is 0 Å². The van der Waals surface area contributed by atoms with E-state index in [9.17, 15) is 0 Å². The SMILES string of the molecule is Cl.c1ccc(CNCCNc2cccc3ccccc23)cc1. The topological polar surface area (TPSA) is 24.1 Å². The van der Waals surface area contributed by atoms with Crippen molar-refractivity contribution in [1.29, 1.82) is 0 Å². The van der Waals surface area contributed by atoms with Crippen molar-refractivity contribution < 1.29 is 0 Å². The van der Waals surface area contributed by atoms with Gasteiger partial charge in [0.15, 0.2) is 0 Å². The zero-order valence-electron chi connectivity index (χ0n) is 12.5. The predicted molar refractivity (Wildman–Crippen MR) is 97.8 cm³/mol. The van der Waals surface area contributed by atoms with Crippen LogP contribution in [0.2, 0.25) is 0 Å². The molecule has 0 atom stereocenters. The molecule has 22 heavy (non-hydrogen) atoms. The van der Waals surface area contributed by atoms with Crippen molar-refractivity contribution in [3.63, 3.8) is 0 Å². The first-order valence-corrected chi connectivity index (χ1v) is 7.40. The van der Waals surface area contributed by atoms with Gasteiger partial charge in [-0.2, -0.15) is 0 Å². The van der Waals surface area contributed by atoms with Crippen LogP contribution in [0.1, 0.15) is 5.56 Å². The molecule has 0 bridgehead atoms. The number of fused-ring (bicyclic) bond motifs is 1. The van der Waals surface area contributed by atoms with Gasteiger partial charge in [0.1, 0.15) is 0 Å². The van der Waals surface area contributed by atoms with E-state index in [1.165, 1.54) is 22.0 Å². The Morgan fingerprint density at radius 3 is 2.27 bits per heavy atom. The molecule has 0 heterocycles. The number of rotatable bonds is 6. The van der Waals surface area contributed by atoms with Crippen molar-refractivity contribution in [2.45, 2.75) is 6.54 Å². The van der Waals surface area contributed by atoms with Gasteiger partial charge in [0.05, 0.1) is 0 Å². The minimum absolute atomic E-state index is 0. The van der Waals surface area contributed by atoms with Gasteiger partial charge in [-0.25, -0.2) is 0 Å². The Morgan fingerprint density at radius 1 is 0.682 bits per heavy atom. The van der Waals surface area contributed by atoms with Crippen molar-refractivity contribution in [3.8, 4) is 0 Å². The second kappa shape index (κ2) is 8.42. The average molecular weight is 313 g/mol. The van der Waals surface area contributed by atoms with Crippen LogP contribution < -0.4 is 10.6 Å². The molecule has 2 nitrogen and oxygen atoms in total. The van der Waals surface area contributed by atoms with Gasteiger partial charge in [0.2, 0.25) is 0 Å². The minimum Gasteiger partial charge on any atom is -0.383 e. The van der Waals surface area contributed by atoms with Crippen molar-refractivity contribution in [1.82, 2.24) is 5.32 Å². The number of hydrogen-bond donors (Lipinski definition) is 2. The third-order valence-corrected chi connectivity index (χ3v) is 3.58. The van der Waals surface area contributed by atoms with E-state index in [4.69, 9.17) is 0 Å². The molecule has 114 valence electrons. The molecule has 2 N–H and O–H groups in total. The molecule has 0 unspecified atom stereocenters. The van der Waals surface area contributed by atoms with E-state index in [1.54, 1.807) is 0 Å². The van der Waals surface area contributed by atoms with Crippen LogP contribution in [0, 0.1) is 0 Å². The Bertz CT molecular complexity index is 693. The molecular weight excluding hydrogens is 292 g/mol. The predicted octanol–water partition coefficient (Wildman–Crippen LogP) is 4.46. The summed E-state index contributed by atoms with van der Waals surface area (Å²) in [6.45, 7) is 2.77. The van der Waals surface area contributed by atoms with Crippen LogP contribution in [0.15, 0.2) is 72.8 Å². The van der Waals surface area contributed by atoms with E-state index in [0.717, 1.165) is 19.6 Å². The third kappa shape index (κ3) is 4.23. The summed E-state index contributed by atoms with van der Waals surface area (Å²) in [6, 6.07) is 25.3. The van der Waals surface area contributed by atoms with Crippen molar-refractivity contribution in [3.05, 3.63) is 78.4 Å². The molecular formula is C19H21ClN2. The lowest BCUT2D eigenvalue weighted by Gasteiger charge is -2.10. The van der Waals surface area contributed by atoms with Crippen LogP contribution in [0.5, 0.6) is 0 Å². The summed E-state index contributed by atoms with van der Waals surface area (Å²) in [6.07, 6.45) is 0. The molecule has 0 aliphatic carbocycles. The molecule has 3 aromatic carbocycles. The molecule has 3 aromatic rings. The summed E-state index contributed by atoms with van der Waals surface area (Å²) >= 11 is 0. The van der Waals surface area contributed by atoms with Gasteiger partial charge >= 0.3 is 0 Å². The van der Waals surface area contributed by atoms with E-state index in [2.05, 4.69) is 77.4 Å². The van der Waals surface area contributed by atoms with E-state index in [1.807, 2.05) is 6.07 Å². The number of benzene rings is 3. The van der Waals surface area contributed by atoms with E-state index in [0.29, 0.717) is 0 Å². The maximum absolute atomic E-state index is 3.51. The van der Waals surface area contributed by atoms with Gasteiger partial charge in [-0.15, -0.1) is 12.4 Å². The number of hydrogen-bond acceptors (Lipinski definition) is 2. The maximum atomic E-state index is 3.51. The fourth-order valence-electron chi connectivity index (χ4n) is 2.49. The lowest BCUT2D eigenvalue weighted by Crippen LogP contribution is -2.21. The van der Waals surface area contributed by atoms with Crippen molar-refractivity contribution >= 4 is 28.9 Å². The van der Waals surface area contributed by atoms with Crippen LogP contribution >= 0.6 is 12.4 Å². The molecule has 3 rings (SSSR count). The smallest absolute Gasteiger partial charge is 0.0420 e. The lowest BCUT2D eigenvalue weighted by molar-refractivity contribution is 0.707. The molecule has 0 aliphatic heterocycles. The van der Waals surface area contributed by atoms with E-state index >= 15 is 0 Å². The first kappa shape index (κ1) is 16.3. The maximum Gasteiger partial charge on any atom is 0.0420 e. The Morgan fingerprint density at radius 2 is 1.41 bits per heavy atom. The normalized spacial score (nSPS) is 10.2. The highest BCUT2D eigenvalue weighted by molar-refractivity contribution is 5.93. The first-order chi connectivity index (χ1) is 10.4. The highest BCUT2D eigenvalue weighted by atomic mass is 35.5. The highest BCUT2D eigenvalue weighted by Crippen LogP contribution is 2.22. The number of anilines is 1. The number of halogens is 1. The zero-order chi connectivity index (χ0) is 14.3. The fourth-order valence-corrected chi connectivity index (χ4v) is 2.49. The molecule has 0 aliphatic rings. The Labute approximate surface area is 138 Å². The summed E-state index contributed by atoms with van der Waals surface area (Å²) in [7, 11) is 0. The van der Waals surface area contributed by atoms with Crippen molar-refractivity contribution in [2.75, 3.05) is 18.4 Å². The fraction of sp³-hybridized carbons (Fsp3) is 0.158. The molecule has 0 saturated heterocycles. The van der Waals surface area contributed by atoms with Crippen LogP contribution in [0.4, 0.5) is 5.69 Å². The first-order valence-electron chi connectivity index (χ1n) is 7.40. The molecule has 0 saturated carbocycles. The van der Waals surface area contributed by atoms with Gasteiger partial charge in [0, 0.05) is 30.7 Å². The second-order valence-electron chi connectivity index (χ2n) is 5.12. The molecule has 0 aromatic heterocycles. The molecule has 0 radical (unpaired) electrons. The quantitative estimate of drug-likeness (QED) is 0.656. The van der Waals surface area contributed by atoms with Crippen LogP contribution in [-0.2, 0) is 6.54 Å². The van der Waals surface area contributed by atoms with Crippen LogP contribution in [0.3, 0.4) is 0 Å². The molecule has 0 amide bonds. The van der Waals surface area contributed by atoms with Gasteiger partial charge in [-0.1, -0.05) is 66.7 Å². The van der Waals surface area contributed by atoms with E-state index < -0.39 is 0 Å². The summed E-state index contributed by atoms with van der Waals surface area (Å²) in [4.78, 5) is 0.